The number of hydrogen-bond donors (Lipinski definition) is 4. The average molecular weight is 375 g/mol. The van der Waals surface area contributed by atoms with Crippen LogP contribution in [0.4, 0.5) is 9.59 Å². The molecule has 0 aromatic carbocycles. The molecule has 0 rings (SSSR count). The highest BCUT2D eigenvalue weighted by Crippen LogP contribution is 2.09. The van der Waals surface area contributed by atoms with Crippen molar-refractivity contribution >= 4 is 35.8 Å². The predicted molar refractivity (Wildman–Crippen MR) is 94.5 cm³/mol. The van der Waals surface area contributed by atoms with Crippen LogP contribution in [0.25, 0.3) is 0 Å². The van der Waals surface area contributed by atoms with Gasteiger partial charge in [-0.3, -0.25) is 10.1 Å². The number of nitrogens with one attached hydrogen (secondary N) is 3. The fourth-order valence-electron chi connectivity index (χ4n) is 1.45. The van der Waals surface area contributed by atoms with Crippen LogP contribution in [0.3, 0.4) is 0 Å². The highest BCUT2D eigenvalue weighted by Gasteiger charge is 2.23. The number of urea groups is 1. The molecule has 0 fully saturated rings. The molecule has 0 heterocycles. The van der Waals surface area contributed by atoms with Crippen molar-refractivity contribution in [1.29, 1.82) is 0 Å². The molecule has 4 N–H and O–H groups in total. The van der Waals surface area contributed by atoms with E-state index in [0.717, 1.165) is 11.8 Å². The zero-order valence-electron chi connectivity index (χ0n) is 14.6. The van der Waals surface area contributed by atoms with E-state index in [1.165, 1.54) is 6.08 Å². The van der Waals surface area contributed by atoms with Crippen molar-refractivity contribution in [1.82, 2.24) is 16.0 Å². The summed E-state index contributed by atoms with van der Waals surface area (Å²) >= 11 is 1.15. The fourth-order valence-corrected chi connectivity index (χ4v) is 2.25. The van der Waals surface area contributed by atoms with Gasteiger partial charge < -0.3 is 20.5 Å². The zero-order valence-corrected chi connectivity index (χ0v) is 15.4. The van der Waals surface area contributed by atoms with Crippen LogP contribution in [-0.2, 0) is 14.3 Å². The molecule has 4 amide bonds. The highest BCUT2D eigenvalue weighted by atomic mass is 32.2. The Labute approximate surface area is 150 Å². The molecule has 0 saturated carbocycles. The van der Waals surface area contributed by atoms with Crippen molar-refractivity contribution in [3.05, 3.63) is 12.7 Å². The summed E-state index contributed by atoms with van der Waals surface area (Å²) in [6.45, 7) is 8.67. The van der Waals surface area contributed by atoms with Gasteiger partial charge in [-0.2, -0.15) is 11.8 Å². The molecule has 9 nitrogen and oxygen atoms in total. The molecule has 0 aromatic rings. The molecular weight excluding hydrogens is 350 g/mol. The lowest BCUT2D eigenvalue weighted by Crippen LogP contribution is -2.43. The van der Waals surface area contributed by atoms with Crippen LogP contribution in [0.5, 0.6) is 0 Å². The molecule has 1 unspecified atom stereocenters. The third kappa shape index (κ3) is 12.8. The first-order chi connectivity index (χ1) is 11.5. The second-order valence-electron chi connectivity index (χ2n) is 5.93. The highest BCUT2D eigenvalue weighted by molar-refractivity contribution is 7.99. The van der Waals surface area contributed by atoms with Crippen LogP contribution in [0.15, 0.2) is 12.7 Å². The van der Waals surface area contributed by atoms with E-state index in [2.05, 4.69) is 22.5 Å². The van der Waals surface area contributed by atoms with Crippen LogP contribution in [0.1, 0.15) is 27.2 Å². The van der Waals surface area contributed by atoms with Crippen molar-refractivity contribution in [2.45, 2.75) is 38.8 Å². The fraction of sp³-hybridized carbons (Fsp3) is 0.600. The summed E-state index contributed by atoms with van der Waals surface area (Å²) in [5, 5.41) is 15.9. The second kappa shape index (κ2) is 11.3. The van der Waals surface area contributed by atoms with Gasteiger partial charge in [0, 0.05) is 6.54 Å². The Bertz CT molecular complexity index is 504. The topological polar surface area (TPSA) is 134 Å². The van der Waals surface area contributed by atoms with Crippen molar-refractivity contribution in [3.63, 3.8) is 0 Å². The number of rotatable bonds is 9. The van der Waals surface area contributed by atoms with E-state index in [9.17, 15) is 19.2 Å². The molecule has 142 valence electrons. The number of thioether (sulfide) groups is 1. The maximum absolute atomic E-state index is 11.6. The molecule has 1 atom stereocenters. The van der Waals surface area contributed by atoms with Gasteiger partial charge in [0.15, 0.2) is 0 Å². The van der Waals surface area contributed by atoms with Crippen molar-refractivity contribution < 1.29 is 29.0 Å². The van der Waals surface area contributed by atoms with E-state index in [0.29, 0.717) is 5.75 Å². The maximum atomic E-state index is 11.6. The number of carbonyl (C=O) groups excluding carboxylic acids is 3. The van der Waals surface area contributed by atoms with E-state index in [-0.39, 0.29) is 18.7 Å². The number of alkyl carbamates (subject to hydrolysis) is 1. The molecule has 0 aromatic heterocycles. The summed E-state index contributed by atoms with van der Waals surface area (Å²) in [4.78, 5) is 45.5. The summed E-state index contributed by atoms with van der Waals surface area (Å²) < 4.78 is 5.00. The van der Waals surface area contributed by atoms with Crippen molar-refractivity contribution in [2.75, 3.05) is 18.1 Å². The van der Waals surface area contributed by atoms with Crippen molar-refractivity contribution in [2.24, 2.45) is 0 Å². The Balaban J connectivity index is 4.14. The van der Waals surface area contributed by atoms with Gasteiger partial charge in [0.1, 0.15) is 11.6 Å². The Morgan fingerprint density at radius 2 is 1.92 bits per heavy atom. The van der Waals surface area contributed by atoms with Gasteiger partial charge in [-0.05, 0) is 32.9 Å². The van der Waals surface area contributed by atoms with Crippen LogP contribution >= 0.6 is 11.8 Å². The lowest BCUT2D eigenvalue weighted by atomic mass is 10.2. The molecule has 0 aliphatic rings. The first-order valence-corrected chi connectivity index (χ1v) is 8.69. The smallest absolute Gasteiger partial charge is 0.408 e. The Hall–Kier alpha value is -2.23. The number of hydrogen-bond acceptors (Lipinski definition) is 6. The van der Waals surface area contributed by atoms with Gasteiger partial charge in [-0.15, -0.1) is 6.58 Å². The normalized spacial score (nSPS) is 11.8. The molecule has 0 saturated heterocycles. The number of carboxylic acids is 1. The Morgan fingerprint density at radius 1 is 1.28 bits per heavy atom. The SMILES string of the molecule is C=CCNC(=O)NC(=O)CSCCC(NC(=O)OC(C)(C)C)C(=O)O. The summed E-state index contributed by atoms with van der Waals surface area (Å²) in [7, 11) is 0. The zero-order chi connectivity index (χ0) is 19.5. The molecule has 0 bridgehead atoms. The van der Waals surface area contributed by atoms with Gasteiger partial charge in [0.25, 0.3) is 0 Å². The van der Waals surface area contributed by atoms with Gasteiger partial charge in [-0.25, -0.2) is 14.4 Å². The van der Waals surface area contributed by atoms with E-state index in [1.807, 2.05) is 0 Å². The maximum Gasteiger partial charge on any atom is 0.408 e. The molecule has 25 heavy (non-hydrogen) atoms. The number of imide groups is 1. The lowest BCUT2D eigenvalue weighted by Gasteiger charge is -2.21. The summed E-state index contributed by atoms with van der Waals surface area (Å²) in [5.74, 6) is -1.41. The van der Waals surface area contributed by atoms with Gasteiger partial charge >= 0.3 is 18.1 Å². The summed E-state index contributed by atoms with van der Waals surface area (Å²) in [5.41, 5.74) is -0.730. The van der Waals surface area contributed by atoms with Crippen LogP contribution in [0, 0.1) is 0 Å². The molecule has 10 heteroatoms. The van der Waals surface area contributed by atoms with E-state index in [4.69, 9.17) is 9.84 Å². The largest absolute Gasteiger partial charge is 0.480 e. The Morgan fingerprint density at radius 3 is 2.44 bits per heavy atom. The number of carboxylic acid groups (broad SMARTS) is 1. The quantitative estimate of drug-likeness (QED) is 0.350. The summed E-state index contributed by atoms with van der Waals surface area (Å²) in [6.07, 6.45) is 0.763. The van der Waals surface area contributed by atoms with Crippen LogP contribution in [0.2, 0.25) is 0 Å². The lowest BCUT2D eigenvalue weighted by molar-refractivity contribution is -0.139. The first kappa shape index (κ1) is 22.8. The minimum absolute atomic E-state index is 0.0136. The monoisotopic (exact) mass is 375 g/mol. The number of carbonyl (C=O) groups is 4. The van der Waals surface area contributed by atoms with Gasteiger partial charge in [0.2, 0.25) is 5.91 Å². The molecular formula is C15H25N3O6S. The van der Waals surface area contributed by atoms with Crippen LogP contribution < -0.4 is 16.0 Å². The third-order valence-electron chi connectivity index (χ3n) is 2.43. The first-order valence-electron chi connectivity index (χ1n) is 7.53. The van der Waals surface area contributed by atoms with Crippen LogP contribution in [-0.4, -0.2) is 58.8 Å². The summed E-state index contributed by atoms with van der Waals surface area (Å²) in [6, 6.07) is -1.75. The van der Waals surface area contributed by atoms with E-state index >= 15 is 0 Å². The van der Waals surface area contributed by atoms with Gasteiger partial charge in [-0.1, -0.05) is 6.08 Å². The number of aliphatic carboxylic acids is 1. The van der Waals surface area contributed by atoms with E-state index in [1.54, 1.807) is 20.8 Å². The molecule has 0 spiro atoms. The third-order valence-corrected chi connectivity index (χ3v) is 3.42. The minimum Gasteiger partial charge on any atom is -0.480 e. The number of ether oxygens (including phenoxy) is 1. The Kier molecular flexibility index (Phi) is 10.3. The predicted octanol–water partition coefficient (Wildman–Crippen LogP) is 1.10. The average Bonchev–Trinajstić information content (AvgIpc) is 2.46. The van der Waals surface area contributed by atoms with Crippen molar-refractivity contribution in [3.8, 4) is 0 Å². The molecule has 0 radical (unpaired) electrons. The van der Waals surface area contributed by atoms with Gasteiger partial charge in [0.05, 0.1) is 5.75 Å². The molecule has 0 aliphatic heterocycles. The van der Waals surface area contributed by atoms with E-state index < -0.39 is 35.6 Å². The second-order valence-corrected chi connectivity index (χ2v) is 7.03. The standard InChI is InChI=1S/C15H25N3O6S/c1-5-7-16-13(22)18-11(19)9-25-8-6-10(12(20)21)17-14(23)24-15(2,3)4/h5,10H,1,6-9H2,2-4H3,(H,17,23)(H,20,21)(H2,16,18,19,22). The molecule has 0 aliphatic carbocycles. The number of amides is 4. The minimum atomic E-state index is -1.19.